The Hall–Kier alpha value is -1.17. The Labute approximate surface area is 67.0 Å². The van der Waals surface area contributed by atoms with Crippen LogP contribution in [0.25, 0.3) is 0 Å². The van der Waals surface area contributed by atoms with Crippen molar-refractivity contribution in [2.24, 2.45) is 0 Å². The molecule has 3 heteroatoms. The van der Waals surface area contributed by atoms with E-state index in [-0.39, 0.29) is 6.54 Å². The third kappa shape index (κ3) is 4.26. The summed E-state index contributed by atoms with van der Waals surface area (Å²) >= 11 is 0. The molecule has 0 heterocycles. The summed E-state index contributed by atoms with van der Waals surface area (Å²) in [5.41, 5.74) is 0. The first-order valence-corrected chi connectivity index (χ1v) is 3.63. The van der Waals surface area contributed by atoms with Gasteiger partial charge < -0.3 is 5.11 Å². The van der Waals surface area contributed by atoms with E-state index in [9.17, 15) is 4.79 Å². The van der Waals surface area contributed by atoms with Crippen LogP contribution < -0.4 is 0 Å². The van der Waals surface area contributed by atoms with Crippen LogP contribution in [0, 0.1) is 12.3 Å². The van der Waals surface area contributed by atoms with Gasteiger partial charge in [0.1, 0.15) is 0 Å². The van der Waals surface area contributed by atoms with Gasteiger partial charge in [-0.1, -0.05) is 19.3 Å². The second-order valence-corrected chi connectivity index (χ2v) is 2.26. The van der Waals surface area contributed by atoms with Crippen molar-refractivity contribution in [2.45, 2.75) is 19.8 Å². The third-order valence-electron chi connectivity index (χ3n) is 1.33. The van der Waals surface area contributed by atoms with Crippen molar-refractivity contribution in [3.05, 3.63) is 0 Å². The Morgan fingerprint density at radius 1 is 1.73 bits per heavy atom. The summed E-state index contributed by atoms with van der Waals surface area (Å²) in [5, 5.41) is 8.56. The van der Waals surface area contributed by atoms with E-state index in [0.717, 1.165) is 12.8 Å². The molecule has 0 aromatic heterocycles. The molecular formula is C8H13NO2. The topological polar surface area (TPSA) is 40.5 Å². The van der Waals surface area contributed by atoms with Crippen molar-refractivity contribution in [1.82, 2.24) is 4.90 Å². The number of carboxylic acid groups (broad SMARTS) is 1. The zero-order valence-electron chi connectivity index (χ0n) is 6.71. The molecule has 0 aliphatic carbocycles. The lowest BCUT2D eigenvalue weighted by Gasteiger charge is -2.14. The molecule has 1 amide bonds. The van der Waals surface area contributed by atoms with Gasteiger partial charge in [-0.05, 0) is 6.42 Å². The maximum atomic E-state index is 10.4. The minimum atomic E-state index is -0.934. The van der Waals surface area contributed by atoms with Gasteiger partial charge in [-0.15, -0.1) is 6.42 Å². The molecule has 0 aromatic carbocycles. The number of rotatable bonds is 4. The Balaban J connectivity index is 3.72. The van der Waals surface area contributed by atoms with E-state index in [4.69, 9.17) is 11.5 Å². The third-order valence-corrected chi connectivity index (χ3v) is 1.33. The van der Waals surface area contributed by atoms with E-state index in [1.165, 1.54) is 4.90 Å². The Morgan fingerprint density at radius 2 is 2.36 bits per heavy atom. The number of nitrogens with zero attached hydrogens (tertiary/aromatic N) is 1. The maximum absolute atomic E-state index is 10.4. The van der Waals surface area contributed by atoms with Crippen LogP contribution in [-0.2, 0) is 0 Å². The van der Waals surface area contributed by atoms with Gasteiger partial charge in [-0.3, -0.25) is 4.90 Å². The van der Waals surface area contributed by atoms with E-state index < -0.39 is 6.09 Å². The minimum absolute atomic E-state index is 0.190. The standard InChI is InChI=1S/C8H13NO2/c1-3-5-7-9(6-4-2)8(10)11/h2H,3,5-7H2,1H3,(H,10,11). The van der Waals surface area contributed by atoms with Crippen molar-refractivity contribution in [2.75, 3.05) is 13.1 Å². The van der Waals surface area contributed by atoms with Crippen LogP contribution in [0.5, 0.6) is 0 Å². The van der Waals surface area contributed by atoms with Crippen molar-refractivity contribution in [1.29, 1.82) is 0 Å². The maximum Gasteiger partial charge on any atom is 0.408 e. The van der Waals surface area contributed by atoms with Crippen LogP contribution in [0.1, 0.15) is 19.8 Å². The molecule has 0 atom stereocenters. The van der Waals surface area contributed by atoms with Crippen molar-refractivity contribution in [3.63, 3.8) is 0 Å². The van der Waals surface area contributed by atoms with Crippen LogP contribution in [0.3, 0.4) is 0 Å². The molecule has 62 valence electrons. The Kier molecular flexibility index (Phi) is 5.01. The lowest BCUT2D eigenvalue weighted by atomic mass is 10.3. The summed E-state index contributed by atoms with van der Waals surface area (Å²) in [6.45, 7) is 2.74. The van der Waals surface area contributed by atoms with Gasteiger partial charge >= 0.3 is 6.09 Å². The Morgan fingerprint density at radius 3 is 2.73 bits per heavy atom. The zero-order chi connectivity index (χ0) is 8.69. The van der Waals surface area contributed by atoms with Gasteiger partial charge in [-0.2, -0.15) is 0 Å². The fraction of sp³-hybridized carbons (Fsp3) is 0.625. The fourth-order valence-electron chi connectivity index (χ4n) is 0.701. The van der Waals surface area contributed by atoms with E-state index in [0.29, 0.717) is 6.54 Å². The van der Waals surface area contributed by atoms with Crippen molar-refractivity contribution < 1.29 is 9.90 Å². The average molecular weight is 155 g/mol. The SMILES string of the molecule is C#CCN(CCCC)C(=O)O. The molecular weight excluding hydrogens is 142 g/mol. The number of unbranched alkanes of at least 4 members (excludes halogenated alkanes) is 1. The first-order valence-electron chi connectivity index (χ1n) is 3.63. The number of hydrogen-bond donors (Lipinski definition) is 1. The first-order chi connectivity index (χ1) is 5.22. The largest absolute Gasteiger partial charge is 0.465 e. The van der Waals surface area contributed by atoms with Crippen LogP contribution in [0.4, 0.5) is 4.79 Å². The van der Waals surface area contributed by atoms with Crippen molar-refractivity contribution >= 4 is 6.09 Å². The van der Waals surface area contributed by atoms with Gasteiger partial charge in [0.15, 0.2) is 0 Å². The van der Waals surface area contributed by atoms with Gasteiger partial charge in [-0.25, -0.2) is 4.79 Å². The molecule has 0 radical (unpaired) electrons. The highest BCUT2D eigenvalue weighted by atomic mass is 16.4. The molecule has 0 bridgehead atoms. The number of carbonyl (C=O) groups is 1. The summed E-state index contributed by atoms with van der Waals surface area (Å²) < 4.78 is 0. The van der Waals surface area contributed by atoms with E-state index >= 15 is 0 Å². The monoisotopic (exact) mass is 155 g/mol. The van der Waals surface area contributed by atoms with E-state index in [1.54, 1.807) is 0 Å². The molecule has 0 spiro atoms. The molecule has 0 saturated carbocycles. The highest BCUT2D eigenvalue weighted by Gasteiger charge is 2.07. The van der Waals surface area contributed by atoms with Crippen LogP contribution >= 0.6 is 0 Å². The summed E-state index contributed by atoms with van der Waals surface area (Å²) in [5.74, 6) is 2.30. The molecule has 11 heavy (non-hydrogen) atoms. The van der Waals surface area contributed by atoms with E-state index in [1.807, 2.05) is 6.92 Å². The molecule has 0 unspecified atom stereocenters. The van der Waals surface area contributed by atoms with Crippen LogP contribution in [0.2, 0.25) is 0 Å². The molecule has 0 aliphatic rings. The predicted molar refractivity (Wildman–Crippen MR) is 43.3 cm³/mol. The van der Waals surface area contributed by atoms with Crippen LogP contribution in [0.15, 0.2) is 0 Å². The average Bonchev–Trinajstić information content (AvgIpc) is 1.97. The molecule has 0 fully saturated rings. The van der Waals surface area contributed by atoms with Gasteiger partial charge in [0, 0.05) is 6.54 Å². The highest BCUT2D eigenvalue weighted by Crippen LogP contribution is 1.94. The number of amides is 1. The second kappa shape index (κ2) is 5.60. The zero-order valence-corrected chi connectivity index (χ0v) is 6.71. The predicted octanol–water partition coefficient (Wildman–Crippen LogP) is 1.40. The van der Waals surface area contributed by atoms with Crippen LogP contribution in [-0.4, -0.2) is 29.2 Å². The fourth-order valence-corrected chi connectivity index (χ4v) is 0.701. The van der Waals surface area contributed by atoms with Gasteiger partial charge in [0.05, 0.1) is 6.54 Å². The Bertz CT molecular complexity index is 160. The highest BCUT2D eigenvalue weighted by molar-refractivity contribution is 5.65. The number of terminal acetylenes is 1. The molecule has 0 saturated heterocycles. The van der Waals surface area contributed by atoms with Crippen molar-refractivity contribution in [3.8, 4) is 12.3 Å². The summed E-state index contributed by atoms with van der Waals surface area (Å²) in [6.07, 6.45) is 5.90. The minimum Gasteiger partial charge on any atom is -0.465 e. The molecule has 0 aliphatic heterocycles. The van der Waals surface area contributed by atoms with E-state index in [2.05, 4.69) is 5.92 Å². The summed E-state index contributed by atoms with van der Waals surface area (Å²) in [6, 6.07) is 0. The molecule has 0 rings (SSSR count). The number of hydrogen-bond acceptors (Lipinski definition) is 1. The quantitative estimate of drug-likeness (QED) is 0.623. The van der Waals surface area contributed by atoms with Gasteiger partial charge in [0.2, 0.25) is 0 Å². The second-order valence-electron chi connectivity index (χ2n) is 2.26. The molecule has 0 aromatic rings. The molecule has 3 nitrogen and oxygen atoms in total. The van der Waals surface area contributed by atoms with Gasteiger partial charge in [0.25, 0.3) is 0 Å². The molecule has 1 N–H and O–H groups in total. The lowest BCUT2D eigenvalue weighted by molar-refractivity contribution is 0.150. The smallest absolute Gasteiger partial charge is 0.408 e. The summed E-state index contributed by atoms with van der Waals surface area (Å²) in [7, 11) is 0. The lowest BCUT2D eigenvalue weighted by Crippen LogP contribution is -2.30. The summed E-state index contributed by atoms with van der Waals surface area (Å²) in [4.78, 5) is 11.7. The first kappa shape index (κ1) is 9.83. The normalized spacial score (nSPS) is 8.73.